The lowest BCUT2D eigenvalue weighted by atomic mass is 10.00. The molecule has 4 nitrogen and oxygen atoms in total. The minimum Gasteiger partial charge on any atom is -0.323 e. The zero-order chi connectivity index (χ0) is 13.0. The van der Waals surface area contributed by atoms with E-state index in [-0.39, 0.29) is 17.9 Å². The Morgan fingerprint density at radius 1 is 1.44 bits per heavy atom. The molecule has 1 aliphatic carbocycles. The van der Waals surface area contributed by atoms with Crippen molar-refractivity contribution in [3.63, 3.8) is 0 Å². The fraction of sp³-hybridized carbons (Fsp3) is 0.692. The van der Waals surface area contributed by atoms with Crippen LogP contribution < -0.4 is 11.1 Å². The highest BCUT2D eigenvalue weighted by Crippen LogP contribution is 2.25. The van der Waals surface area contributed by atoms with E-state index in [0.717, 1.165) is 18.5 Å². The number of rotatable bonds is 3. The summed E-state index contributed by atoms with van der Waals surface area (Å²) in [6.07, 6.45) is 6.88. The molecule has 1 aromatic rings. The smallest absolute Gasteiger partial charge is 0.229 e. The highest BCUT2D eigenvalue weighted by atomic mass is 32.1. The predicted molar refractivity (Wildman–Crippen MR) is 74.5 cm³/mol. The van der Waals surface area contributed by atoms with Crippen LogP contribution in [-0.2, 0) is 4.79 Å². The van der Waals surface area contributed by atoms with Gasteiger partial charge in [0.15, 0.2) is 5.13 Å². The second-order valence-electron chi connectivity index (χ2n) is 5.04. The van der Waals surface area contributed by atoms with Gasteiger partial charge in [-0.05, 0) is 19.8 Å². The van der Waals surface area contributed by atoms with Gasteiger partial charge in [0, 0.05) is 17.3 Å². The van der Waals surface area contributed by atoms with Crippen LogP contribution in [0.15, 0.2) is 5.38 Å². The molecule has 0 spiro atoms. The molecule has 0 bridgehead atoms. The van der Waals surface area contributed by atoms with Crippen molar-refractivity contribution in [3.05, 3.63) is 11.1 Å². The van der Waals surface area contributed by atoms with E-state index in [4.69, 9.17) is 5.73 Å². The van der Waals surface area contributed by atoms with Crippen LogP contribution in [0.2, 0.25) is 0 Å². The summed E-state index contributed by atoms with van der Waals surface area (Å²) >= 11 is 1.45. The van der Waals surface area contributed by atoms with Crippen molar-refractivity contribution in [1.82, 2.24) is 4.98 Å². The van der Waals surface area contributed by atoms with Gasteiger partial charge in [-0.1, -0.05) is 25.7 Å². The van der Waals surface area contributed by atoms with Crippen LogP contribution in [0.4, 0.5) is 5.13 Å². The van der Waals surface area contributed by atoms with E-state index >= 15 is 0 Å². The Morgan fingerprint density at radius 2 is 2.11 bits per heavy atom. The number of nitrogens with one attached hydrogen (secondary N) is 1. The third kappa shape index (κ3) is 3.53. The minimum atomic E-state index is -0.0789. The van der Waals surface area contributed by atoms with E-state index in [9.17, 15) is 4.79 Å². The molecule has 0 saturated heterocycles. The number of amides is 1. The van der Waals surface area contributed by atoms with Crippen LogP contribution in [0.25, 0.3) is 0 Å². The summed E-state index contributed by atoms with van der Waals surface area (Å²) < 4.78 is 0. The van der Waals surface area contributed by atoms with Gasteiger partial charge in [0.05, 0.1) is 5.69 Å². The molecular weight excluding hydrogens is 246 g/mol. The first-order valence-corrected chi connectivity index (χ1v) is 7.56. The van der Waals surface area contributed by atoms with Crippen LogP contribution >= 0.6 is 11.3 Å². The number of thiazole rings is 1. The summed E-state index contributed by atoms with van der Waals surface area (Å²) in [5, 5.41) is 5.52. The SMILES string of the molecule is CC(N)c1csc(NC(=O)C2CCCCCC2)n1. The first-order chi connectivity index (χ1) is 8.66. The summed E-state index contributed by atoms with van der Waals surface area (Å²) in [5.74, 6) is 0.289. The van der Waals surface area contributed by atoms with Crippen molar-refractivity contribution in [2.75, 3.05) is 5.32 Å². The Kier molecular flexibility index (Phi) is 4.72. The van der Waals surface area contributed by atoms with Crippen molar-refractivity contribution in [2.45, 2.75) is 51.5 Å². The lowest BCUT2D eigenvalue weighted by Gasteiger charge is -2.12. The number of nitrogens with two attached hydrogens (primary N) is 1. The maximum atomic E-state index is 12.1. The predicted octanol–water partition coefficient (Wildman–Crippen LogP) is 3.07. The lowest BCUT2D eigenvalue weighted by Crippen LogP contribution is -2.22. The van der Waals surface area contributed by atoms with Gasteiger partial charge in [-0.2, -0.15) is 0 Å². The zero-order valence-corrected chi connectivity index (χ0v) is 11.6. The largest absolute Gasteiger partial charge is 0.323 e. The van der Waals surface area contributed by atoms with Crippen LogP contribution in [0, 0.1) is 5.92 Å². The number of carbonyl (C=O) groups excluding carboxylic acids is 1. The third-order valence-corrected chi connectivity index (χ3v) is 4.22. The quantitative estimate of drug-likeness (QED) is 0.827. The van der Waals surface area contributed by atoms with E-state index in [1.54, 1.807) is 0 Å². The van der Waals surface area contributed by atoms with E-state index in [2.05, 4.69) is 10.3 Å². The number of hydrogen-bond donors (Lipinski definition) is 2. The first-order valence-electron chi connectivity index (χ1n) is 6.68. The summed E-state index contributed by atoms with van der Waals surface area (Å²) in [4.78, 5) is 16.5. The Labute approximate surface area is 112 Å². The lowest BCUT2D eigenvalue weighted by molar-refractivity contribution is -0.120. The molecule has 0 aliphatic heterocycles. The van der Waals surface area contributed by atoms with E-state index < -0.39 is 0 Å². The van der Waals surface area contributed by atoms with Gasteiger partial charge < -0.3 is 11.1 Å². The van der Waals surface area contributed by atoms with Gasteiger partial charge in [0.25, 0.3) is 0 Å². The fourth-order valence-corrected chi connectivity index (χ4v) is 3.12. The van der Waals surface area contributed by atoms with Crippen molar-refractivity contribution < 1.29 is 4.79 Å². The molecule has 0 radical (unpaired) electrons. The molecular formula is C13H21N3OS. The molecule has 3 N–H and O–H groups in total. The number of carbonyl (C=O) groups is 1. The monoisotopic (exact) mass is 267 g/mol. The summed E-state index contributed by atoms with van der Waals surface area (Å²) in [7, 11) is 0. The van der Waals surface area contributed by atoms with Gasteiger partial charge in [-0.25, -0.2) is 4.98 Å². The molecule has 1 unspecified atom stereocenters. The molecule has 18 heavy (non-hydrogen) atoms. The third-order valence-electron chi connectivity index (χ3n) is 3.44. The number of nitrogens with zero attached hydrogens (tertiary/aromatic N) is 1. The molecule has 2 rings (SSSR count). The zero-order valence-electron chi connectivity index (χ0n) is 10.8. The van der Waals surface area contributed by atoms with Crippen molar-refractivity contribution in [2.24, 2.45) is 11.7 Å². The van der Waals surface area contributed by atoms with Crippen LogP contribution in [-0.4, -0.2) is 10.9 Å². The second-order valence-corrected chi connectivity index (χ2v) is 5.90. The Bertz CT molecular complexity index is 395. The Hall–Kier alpha value is -0.940. The van der Waals surface area contributed by atoms with Crippen LogP contribution in [0.3, 0.4) is 0 Å². The van der Waals surface area contributed by atoms with Crippen molar-refractivity contribution >= 4 is 22.4 Å². The van der Waals surface area contributed by atoms with E-state index in [0.29, 0.717) is 5.13 Å². The normalized spacial score (nSPS) is 19.2. The van der Waals surface area contributed by atoms with Gasteiger partial charge in [-0.15, -0.1) is 11.3 Å². The standard InChI is InChI=1S/C13H21N3OS/c1-9(14)11-8-18-13(15-11)16-12(17)10-6-4-2-3-5-7-10/h8-10H,2-7,14H2,1H3,(H,15,16,17). The molecule has 1 heterocycles. The minimum absolute atomic E-state index is 0.0789. The van der Waals surface area contributed by atoms with Gasteiger partial charge in [-0.3, -0.25) is 4.79 Å². The summed E-state index contributed by atoms with van der Waals surface area (Å²) in [6, 6.07) is -0.0789. The fourth-order valence-electron chi connectivity index (χ4n) is 2.30. The molecule has 1 aromatic heterocycles. The Morgan fingerprint density at radius 3 is 2.67 bits per heavy atom. The van der Waals surface area contributed by atoms with Gasteiger partial charge in [0.2, 0.25) is 5.91 Å². The summed E-state index contributed by atoms with van der Waals surface area (Å²) in [5.41, 5.74) is 6.60. The van der Waals surface area contributed by atoms with E-state index in [1.165, 1.54) is 37.0 Å². The molecule has 1 amide bonds. The highest BCUT2D eigenvalue weighted by molar-refractivity contribution is 7.13. The molecule has 1 fully saturated rings. The number of hydrogen-bond acceptors (Lipinski definition) is 4. The molecule has 1 atom stereocenters. The summed E-state index contributed by atoms with van der Waals surface area (Å²) in [6.45, 7) is 1.89. The average molecular weight is 267 g/mol. The van der Waals surface area contributed by atoms with Crippen LogP contribution in [0.5, 0.6) is 0 Å². The van der Waals surface area contributed by atoms with Crippen molar-refractivity contribution in [1.29, 1.82) is 0 Å². The van der Waals surface area contributed by atoms with E-state index in [1.807, 2.05) is 12.3 Å². The van der Waals surface area contributed by atoms with Gasteiger partial charge in [0.1, 0.15) is 0 Å². The molecule has 1 aliphatic rings. The Balaban J connectivity index is 1.92. The number of anilines is 1. The molecule has 0 aromatic carbocycles. The maximum Gasteiger partial charge on any atom is 0.229 e. The molecule has 100 valence electrons. The first kappa shape index (κ1) is 13.5. The second kappa shape index (κ2) is 6.29. The number of aromatic nitrogens is 1. The van der Waals surface area contributed by atoms with Gasteiger partial charge >= 0.3 is 0 Å². The highest BCUT2D eigenvalue weighted by Gasteiger charge is 2.21. The maximum absolute atomic E-state index is 12.1. The molecule has 5 heteroatoms. The van der Waals surface area contributed by atoms with Crippen LogP contribution in [0.1, 0.15) is 57.2 Å². The topological polar surface area (TPSA) is 68.0 Å². The van der Waals surface area contributed by atoms with Crippen molar-refractivity contribution in [3.8, 4) is 0 Å². The average Bonchev–Trinajstić information content (AvgIpc) is 2.64. The molecule has 1 saturated carbocycles.